The van der Waals surface area contributed by atoms with Crippen LogP contribution in [0, 0.1) is 0 Å². The molecular formula is C11H21NO4. The van der Waals surface area contributed by atoms with Crippen molar-refractivity contribution in [1.29, 1.82) is 0 Å². The molecule has 2 N–H and O–H groups in total. The van der Waals surface area contributed by atoms with Gasteiger partial charge in [-0.05, 0) is 33.6 Å². The first-order valence-corrected chi connectivity index (χ1v) is 5.62. The van der Waals surface area contributed by atoms with Crippen LogP contribution < -0.4 is 0 Å². The molecule has 0 bridgehead atoms. The molecule has 16 heavy (non-hydrogen) atoms. The van der Waals surface area contributed by atoms with Crippen molar-refractivity contribution in [2.45, 2.75) is 51.3 Å². The molecule has 1 heterocycles. The van der Waals surface area contributed by atoms with Gasteiger partial charge in [-0.1, -0.05) is 0 Å². The highest BCUT2D eigenvalue weighted by Crippen LogP contribution is 2.25. The maximum atomic E-state index is 11.9. The summed E-state index contributed by atoms with van der Waals surface area (Å²) in [6, 6.07) is -0.459. The lowest BCUT2D eigenvalue weighted by Gasteiger charge is -2.31. The lowest BCUT2D eigenvalue weighted by atomic mass is 10.2. The number of amides is 1. The molecule has 0 aromatic heterocycles. The van der Waals surface area contributed by atoms with Gasteiger partial charge in [0.05, 0.1) is 25.3 Å². The van der Waals surface area contributed by atoms with Crippen LogP contribution in [0.4, 0.5) is 4.79 Å². The number of aliphatic hydroxyl groups excluding tert-OH is 2. The number of hydrogen-bond acceptors (Lipinski definition) is 4. The van der Waals surface area contributed by atoms with Crippen molar-refractivity contribution >= 4 is 6.09 Å². The molecule has 0 aliphatic carbocycles. The number of rotatable bonds is 2. The van der Waals surface area contributed by atoms with Crippen LogP contribution in [-0.4, -0.2) is 52.1 Å². The summed E-state index contributed by atoms with van der Waals surface area (Å²) in [7, 11) is 0. The standard InChI is InChI=1S/C11H21NO4/c1-11(2,3)16-10(15)12-8(6-13)4-5-9(12)7-14/h8-9,13-14H,4-7H2,1-3H3/t8-,9?/m0/s1. The van der Waals surface area contributed by atoms with E-state index in [0.717, 1.165) is 0 Å². The van der Waals surface area contributed by atoms with Gasteiger partial charge in [0, 0.05) is 0 Å². The van der Waals surface area contributed by atoms with Gasteiger partial charge in [0.2, 0.25) is 0 Å². The highest BCUT2D eigenvalue weighted by atomic mass is 16.6. The van der Waals surface area contributed by atoms with Crippen LogP contribution in [0.1, 0.15) is 33.6 Å². The Bertz CT molecular complexity index is 237. The maximum absolute atomic E-state index is 11.9. The summed E-state index contributed by atoms with van der Waals surface area (Å²) in [5, 5.41) is 18.3. The first kappa shape index (κ1) is 13.3. The van der Waals surface area contributed by atoms with Crippen LogP contribution in [0.2, 0.25) is 0 Å². The topological polar surface area (TPSA) is 70.0 Å². The van der Waals surface area contributed by atoms with Crippen molar-refractivity contribution in [3.8, 4) is 0 Å². The Labute approximate surface area is 96.0 Å². The summed E-state index contributed by atoms with van der Waals surface area (Å²) in [6.45, 7) is 5.21. The van der Waals surface area contributed by atoms with E-state index in [4.69, 9.17) is 14.9 Å². The minimum Gasteiger partial charge on any atom is -0.444 e. The molecule has 0 aromatic rings. The summed E-state index contributed by atoms with van der Waals surface area (Å²) in [5.74, 6) is 0. The predicted octanol–water partition coefficient (Wildman–Crippen LogP) is 0.739. The van der Waals surface area contributed by atoms with Gasteiger partial charge in [0.25, 0.3) is 0 Å². The third-order valence-corrected chi connectivity index (χ3v) is 2.65. The molecule has 1 fully saturated rings. The third kappa shape index (κ3) is 3.09. The number of likely N-dealkylation sites (tertiary alicyclic amines) is 1. The summed E-state index contributed by atoms with van der Waals surface area (Å²) < 4.78 is 5.25. The van der Waals surface area contributed by atoms with Crippen molar-refractivity contribution in [3.63, 3.8) is 0 Å². The molecule has 94 valence electrons. The van der Waals surface area contributed by atoms with Crippen LogP contribution in [0.5, 0.6) is 0 Å². The Morgan fingerprint density at radius 3 is 2.00 bits per heavy atom. The van der Waals surface area contributed by atoms with Crippen molar-refractivity contribution in [1.82, 2.24) is 4.90 Å². The van der Waals surface area contributed by atoms with E-state index in [1.165, 1.54) is 4.90 Å². The van der Waals surface area contributed by atoms with Gasteiger partial charge in [0.1, 0.15) is 5.60 Å². The largest absolute Gasteiger partial charge is 0.444 e. The van der Waals surface area contributed by atoms with Crippen LogP contribution >= 0.6 is 0 Å². The highest BCUT2D eigenvalue weighted by Gasteiger charge is 2.38. The van der Waals surface area contributed by atoms with Crippen molar-refractivity contribution in [3.05, 3.63) is 0 Å². The number of carbonyl (C=O) groups excluding carboxylic acids is 1. The molecule has 1 amide bonds. The van der Waals surface area contributed by atoms with Crippen LogP contribution in [0.25, 0.3) is 0 Å². The highest BCUT2D eigenvalue weighted by molar-refractivity contribution is 5.69. The molecular weight excluding hydrogens is 210 g/mol. The Balaban J connectivity index is 2.70. The molecule has 0 spiro atoms. The smallest absolute Gasteiger partial charge is 0.410 e. The summed E-state index contributed by atoms with van der Waals surface area (Å²) in [4.78, 5) is 13.3. The van der Waals surface area contributed by atoms with Gasteiger partial charge in [-0.2, -0.15) is 0 Å². The van der Waals surface area contributed by atoms with Crippen molar-refractivity contribution in [2.75, 3.05) is 13.2 Å². The van der Waals surface area contributed by atoms with Gasteiger partial charge in [0.15, 0.2) is 0 Å². The summed E-state index contributed by atoms with van der Waals surface area (Å²) in [5.41, 5.74) is -0.556. The molecule has 0 aromatic carbocycles. The van der Waals surface area contributed by atoms with E-state index in [1.54, 1.807) is 20.8 Å². The van der Waals surface area contributed by atoms with E-state index in [0.29, 0.717) is 12.8 Å². The Hall–Kier alpha value is -0.810. The molecule has 1 aliphatic heterocycles. The first-order chi connectivity index (χ1) is 7.39. The second kappa shape index (κ2) is 5.01. The fourth-order valence-electron chi connectivity index (χ4n) is 1.93. The Kier molecular flexibility index (Phi) is 4.15. The van der Waals surface area contributed by atoms with E-state index < -0.39 is 11.7 Å². The van der Waals surface area contributed by atoms with Crippen LogP contribution in [0.15, 0.2) is 0 Å². The second-order valence-electron chi connectivity index (χ2n) is 5.14. The van der Waals surface area contributed by atoms with Gasteiger partial charge >= 0.3 is 6.09 Å². The zero-order valence-electron chi connectivity index (χ0n) is 10.1. The van der Waals surface area contributed by atoms with Gasteiger partial charge < -0.3 is 14.9 Å². The SMILES string of the molecule is CC(C)(C)OC(=O)N1C(CO)CC[C@H]1CO. The lowest BCUT2D eigenvalue weighted by Crippen LogP contribution is -2.46. The molecule has 1 aliphatic rings. The zero-order chi connectivity index (χ0) is 12.3. The monoisotopic (exact) mass is 231 g/mol. The number of ether oxygens (including phenoxy) is 1. The zero-order valence-corrected chi connectivity index (χ0v) is 10.1. The van der Waals surface area contributed by atoms with E-state index in [-0.39, 0.29) is 25.3 Å². The average Bonchev–Trinajstić information content (AvgIpc) is 2.57. The minimum atomic E-state index is -0.556. The van der Waals surface area contributed by atoms with Gasteiger partial charge in [-0.25, -0.2) is 4.79 Å². The van der Waals surface area contributed by atoms with E-state index in [2.05, 4.69) is 0 Å². The van der Waals surface area contributed by atoms with Crippen molar-refractivity contribution in [2.24, 2.45) is 0 Å². The number of nitrogens with zero attached hydrogens (tertiary/aromatic N) is 1. The normalized spacial score (nSPS) is 25.9. The molecule has 1 unspecified atom stereocenters. The fourth-order valence-corrected chi connectivity index (χ4v) is 1.93. The van der Waals surface area contributed by atoms with Gasteiger partial charge in [-0.3, -0.25) is 4.90 Å². The molecule has 5 heteroatoms. The molecule has 5 nitrogen and oxygen atoms in total. The molecule has 1 rings (SSSR count). The van der Waals surface area contributed by atoms with Gasteiger partial charge in [-0.15, -0.1) is 0 Å². The van der Waals surface area contributed by atoms with E-state index in [9.17, 15) is 4.79 Å². The third-order valence-electron chi connectivity index (χ3n) is 2.65. The maximum Gasteiger partial charge on any atom is 0.410 e. The summed E-state index contributed by atoms with van der Waals surface area (Å²) >= 11 is 0. The Morgan fingerprint density at radius 2 is 1.69 bits per heavy atom. The lowest BCUT2D eigenvalue weighted by molar-refractivity contribution is 0.00321. The second-order valence-corrected chi connectivity index (χ2v) is 5.14. The van der Waals surface area contributed by atoms with Crippen LogP contribution in [-0.2, 0) is 4.74 Å². The quantitative estimate of drug-likeness (QED) is 0.735. The van der Waals surface area contributed by atoms with Crippen LogP contribution in [0.3, 0.4) is 0 Å². The number of aliphatic hydroxyl groups is 2. The fraction of sp³-hybridized carbons (Fsp3) is 0.909. The van der Waals surface area contributed by atoms with Crippen molar-refractivity contribution < 1.29 is 19.7 Å². The average molecular weight is 231 g/mol. The number of carbonyl (C=O) groups is 1. The minimum absolute atomic E-state index is 0.0876. The molecule has 0 radical (unpaired) electrons. The van der Waals surface area contributed by atoms with E-state index in [1.807, 2.05) is 0 Å². The Morgan fingerprint density at radius 1 is 1.25 bits per heavy atom. The number of hydrogen-bond donors (Lipinski definition) is 2. The first-order valence-electron chi connectivity index (χ1n) is 5.62. The predicted molar refractivity (Wildman–Crippen MR) is 59.1 cm³/mol. The molecule has 2 atom stereocenters. The molecule has 1 saturated heterocycles. The molecule has 0 saturated carbocycles. The van der Waals surface area contributed by atoms with E-state index >= 15 is 0 Å². The summed E-state index contributed by atoms with van der Waals surface area (Å²) in [6.07, 6.45) is 0.963.